The van der Waals surface area contributed by atoms with Crippen molar-refractivity contribution in [2.45, 2.75) is 19.8 Å². The molecule has 1 N–H and O–H groups in total. The molecule has 1 aromatic rings. The van der Waals surface area contributed by atoms with Crippen LogP contribution >= 0.6 is 15.9 Å². The Labute approximate surface area is 125 Å². The highest BCUT2D eigenvalue weighted by atomic mass is 79.9. The molecule has 0 atom stereocenters. The number of hydrogen-bond donors (Lipinski definition) is 1. The van der Waals surface area contributed by atoms with Crippen molar-refractivity contribution >= 4 is 33.4 Å². The van der Waals surface area contributed by atoms with Crippen LogP contribution in [0.25, 0.3) is 0 Å². The normalized spacial score (nSPS) is 16.1. The fourth-order valence-corrected chi connectivity index (χ4v) is 2.65. The first kappa shape index (κ1) is 15.0. The number of rotatable bonds is 2. The van der Waals surface area contributed by atoms with Gasteiger partial charge >= 0.3 is 0 Å². The SMILES string of the molecule is CC(=O)N1CCC(C(=O)Nc2cc(Br)ccc2F)CC1. The molecular weight excluding hydrogens is 327 g/mol. The number of hydrogen-bond acceptors (Lipinski definition) is 2. The molecule has 1 heterocycles. The molecule has 108 valence electrons. The van der Waals surface area contributed by atoms with Crippen LogP contribution in [0.2, 0.25) is 0 Å². The Morgan fingerprint density at radius 3 is 2.60 bits per heavy atom. The van der Waals surface area contributed by atoms with Crippen LogP contribution in [0.5, 0.6) is 0 Å². The topological polar surface area (TPSA) is 49.4 Å². The standard InChI is InChI=1S/C14H16BrFN2O2/c1-9(19)18-6-4-10(5-7-18)14(20)17-13-8-11(15)2-3-12(13)16/h2-3,8,10H,4-7H2,1H3,(H,17,20). The van der Waals surface area contributed by atoms with Gasteiger partial charge in [0.25, 0.3) is 0 Å². The van der Waals surface area contributed by atoms with Gasteiger partial charge in [-0.05, 0) is 31.0 Å². The molecule has 0 spiro atoms. The molecule has 0 saturated carbocycles. The van der Waals surface area contributed by atoms with E-state index in [1.54, 1.807) is 11.0 Å². The van der Waals surface area contributed by atoms with E-state index in [-0.39, 0.29) is 23.4 Å². The zero-order valence-corrected chi connectivity index (χ0v) is 12.7. The van der Waals surface area contributed by atoms with Crippen molar-refractivity contribution in [2.24, 2.45) is 5.92 Å². The number of carbonyl (C=O) groups excluding carboxylic acids is 2. The summed E-state index contributed by atoms with van der Waals surface area (Å²) in [5, 5.41) is 2.62. The third-order valence-electron chi connectivity index (χ3n) is 3.50. The molecule has 0 unspecified atom stereocenters. The number of piperidine rings is 1. The molecular formula is C14H16BrFN2O2. The quantitative estimate of drug-likeness (QED) is 0.898. The lowest BCUT2D eigenvalue weighted by Gasteiger charge is -2.30. The fourth-order valence-electron chi connectivity index (χ4n) is 2.28. The highest BCUT2D eigenvalue weighted by molar-refractivity contribution is 9.10. The van der Waals surface area contributed by atoms with Crippen molar-refractivity contribution in [3.63, 3.8) is 0 Å². The minimum atomic E-state index is -0.456. The Morgan fingerprint density at radius 2 is 2.00 bits per heavy atom. The van der Waals surface area contributed by atoms with E-state index in [0.29, 0.717) is 30.4 Å². The summed E-state index contributed by atoms with van der Waals surface area (Å²) in [6, 6.07) is 4.42. The van der Waals surface area contributed by atoms with E-state index in [2.05, 4.69) is 21.2 Å². The monoisotopic (exact) mass is 342 g/mol. The summed E-state index contributed by atoms with van der Waals surface area (Å²) in [5.41, 5.74) is 0.179. The van der Waals surface area contributed by atoms with Crippen LogP contribution in [0.15, 0.2) is 22.7 Å². The van der Waals surface area contributed by atoms with Gasteiger partial charge in [-0.3, -0.25) is 9.59 Å². The number of likely N-dealkylation sites (tertiary alicyclic amines) is 1. The molecule has 2 rings (SSSR count). The lowest BCUT2D eigenvalue weighted by Crippen LogP contribution is -2.40. The summed E-state index contributed by atoms with van der Waals surface area (Å²) in [6.07, 6.45) is 1.22. The van der Waals surface area contributed by atoms with E-state index >= 15 is 0 Å². The molecule has 6 heteroatoms. The van der Waals surface area contributed by atoms with Gasteiger partial charge in [-0.15, -0.1) is 0 Å². The number of halogens is 2. The third kappa shape index (κ3) is 3.56. The Hall–Kier alpha value is -1.43. The summed E-state index contributed by atoms with van der Waals surface area (Å²) in [7, 11) is 0. The molecule has 0 bridgehead atoms. The van der Waals surface area contributed by atoms with Crippen LogP contribution in [0, 0.1) is 11.7 Å². The number of amides is 2. The summed E-state index contributed by atoms with van der Waals surface area (Å²) < 4.78 is 14.3. The second-order valence-electron chi connectivity index (χ2n) is 4.89. The lowest BCUT2D eigenvalue weighted by molar-refractivity contribution is -0.132. The maximum absolute atomic E-state index is 13.6. The van der Waals surface area contributed by atoms with Crippen molar-refractivity contribution in [1.82, 2.24) is 4.90 Å². The maximum Gasteiger partial charge on any atom is 0.227 e. The number of carbonyl (C=O) groups is 2. The zero-order valence-electron chi connectivity index (χ0n) is 11.2. The second kappa shape index (κ2) is 6.35. The summed E-state index contributed by atoms with van der Waals surface area (Å²) >= 11 is 3.24. The predicted octanol–water partition coefficient (Wildman–Crippen LogP) is 2.79. The number of anilines is 1. The summed E-state index contributed by atoms with van der Waals surface area (Å²) in [4.78, 5) is 25.1. The van der Waals surface area contributed by atoms with Crippen molar-refractivity contribution in [3.8, 4) is 0 Å². The average molecular weight is 343 g/mol. The van der Waals surface area contributed by atoms with Crippen LogP contribution in [0.4, 0.5) is 10.1 Å². The average Bonchev–Trinajstić information content (AvgIpc) is 2.43. The van der Waals surface area contributed by atoms with Gasteiger partial charge < -0.3 is 10.2 Å². The molecule has 1 aliphatic heterocycles. The van der Waals surface area contributed by atoms with E-state index in [4.69, 9.17) is 0 Å². The summed E-state index contributed by atoms with van der Waals surface area (Å²) in [5.74, 6) is -0.793. The van der Waals surface area contributed by atoms with Gasteiger partial charge in [0.1, 0.15) is 5.82 Å². The first-order chi connectivity index (χ1) is 9.47. The molecule has 1 saturated heterocycles. The molecule has 1 aliphatic rings. The van der Waals surface area contributed by atoms with Gasteiger partial charge in [0.2, 0.25) is 11.8 Å². The summed E-state index contributed by atoms with van der Waals surface area (Å²) in [6.45, 7) is 2.68. The number of nitrogens with zero attached hydrogens (tertiary/aromatic N) is 1. The Morgan fingerprint density at radius 1 is 1.35 bits per heavy atom. The predicted molar refractivity (Wildman–Crippen MR) is 77.7 cm³/mol. The fraction of sp³-hybridized carbons (Fsp3) is 0.429. The van der Waals surface area contributed by atoms with Crippen molar-refractivity contribution in [3.05, 3.63) is 28.5 Å². The first-order valence-corrected chi connectivity index (χ1v) is 7.28. The highest BCUT2D eigenvalue weighted by Gasteiger charge is 2.26. The molecule has 1 aromatic carbocycles. The van der Waals surface area contributed by atoms with Gasteiger partial charge in [0.15, 0.2) is 0 Å². The molecule has 1 fully saturated rings. The molecule has 2 amide bonds. The smallest absolute Gasteiger partial charge is 0.227 e. The van der Waals surface area contributed by atoms with Gasteiger partial charge in [-0.25, -0.2) is 4.39 Å². The molecule has 20 heavy (non-hydrogen) atoms. The van der Waals surface area contributed by atoms with E-state index in [1.807, 2.05) is 0 Å². The van der Waals surface area contributed by atoms with Gasteiger partial charge in [-0.1, -0.05) is 15.9 Å². The minimum Gasteiger partial charge on any atom is -0.343 e. The van der Waals surface area contributed by atoms with E-state index in [9.17, 15) is 14.0 Å². The second-order valence-corrected chi connectivity index (χ2v) is 5.81. The van der Waals surface area contributed by atoms with E-state index < -0.39 is 5.82 Å². The first-order valence-electron chi connectivity index (χ1n) is 6.49. The molecule has 0 aromatic heterocycles. The Balaban J connectivity index is 1.96. The highest BCUT2D eigenvalue weighted by Crippen LogP contribution is 2.23. The third-order valence-corrected chi connectivity index (χ3v) is 3.99. The maximum atomic E-state index is 13.6. The van der Waals surface area contributed by atoms with Crippen molar-refractivity contribution in [2.75, 3.05) is 18.4 Å². The van der Waals surface area contributed by atoms with Crippen LogP contribution in [0.1, 0.15) is 19.8 Å². The molecule has 0 radical (unpaired) electrons. The molecule has 0 aliphatic carbocycles. The van der Waals surface area contributed by atoms with Gasteiger partial charge in [0.05, 0.1) is 5.69 Å². The number of nitrogens with one attached hydrogen (secondary N) is 1. The van der Waals surface area contributed by atoms with Crippen LogP contribution < -0.4 is 5.32 Å². The van der Waals surface area contributed by atoms with Crippen LogP contribution in [-0.4, -0.2) is 29.8 Å². The Kier molecular flexibility index (Phi) is 4.75. The van der Waals surface area contributed by atoms with Crippen molar-refractivity contribution < 1.29 is 14.0 Å². The lowest BCUT2D eigenvalue weighted by atomic mass is 9.96. The van der Waals surface area contributed by atoms with Crippen molar-refractivity contribution in [1.29, 1.82) is 0 Å². The van der Waals surface area contributed by atoms with Crippen LogP contribution in [-0.2, 0) is 9.59 Å². The number of benzene rings is 1. The van der Waals surface area contributed by atoms with Gasteiger partial charge in [-0.2, -0.15) is 0 Å². The molecule has 4 nitrogen and oxygen atoms in total. The Bertz CT molecular complexity index is 528. The van der Waals surface area contributed by atoms with E-state index in [1.165, 1.54) is 19.1 Å². The van der Waals surface area contributed by atoms with Crippen LogP contribution in [0.3, 0.4) is 0 Å². The van der Waals surface area contributed by atoms with E-state index in [0.717, 1.165) is 0 Å². The van der Waals surface area contributed by atoms with Gasteiger partial charge in [0, 0.05) is 30.4 Å². The zero-order chi connectivity index (χ0) is 14.7. The largest absolute Gasteiger partial charge is 0.343 e. The minimum absolute atomic E-state index is 0.0295.